The second-order valence-electron chi connectivity index (χ2n) is 6.14. The van der Waals surface area contributed by atoms with Gasteiger partial charge in [-0.2, -0.15) is 0 Å². The summed E-state index contributed by atoms with van der Waals surface area (Å²) >= 11 is 0. The van der Waals surface area contributed by atoms with E-state index in [9.17, 15) is 4.79 Å². The zero-order chi connectivity index (χ0) is 15.2. The van der Waals surface area contributed by atoms with Crippen molar-refractivity contribution in [2.45, 2.75) is 58.2 Å². The third kappa shape index (κ3) is 5.38. The first kappa shape index (κ1) is 15.8. The van der Waals surface area contributed by atoms with Gasteiger partial charge in [0.25, 0.3) is 0 Å². The number of hydrogen-bond donors (Lipinski definition) is 2. The summed E-state index contributed by atoms with van der Waals surface area (Å²) in [6.45, 7) is 5.48. The molecule has 4 heteroatoms. The Bertz CT molecular complexity index is 471. The molecule has 0 saturated heterocycles. The van der Waals surface area contributed by atoms with Gasteiger partial charge < -0.3 is 11.1 Å². The van der Waals surface area contributed by atoms with E-state index in [1.807, 2.05) is 18.2 Å². The molecule has 1 fully saturated rings. The van der Waals surface area contributed by atoms with Crippen molar-refractivity contribution in [1.82, 2.24) is 10.2 Å². The average molecular weight is 289 g/mol. The Hall–Kier alpha value is -1.55. The van der Waals surface area contributed by atoms with Gasteiger partial charge in [0.2, 0.25) is 5.91 Å². The summed E-state index contributed by atoms with van der Waals surface area (Å²) in [5, 5.41) is 3.09. The molecule has 116 valence electrons. The molecule has 0 heterocycles. The summed E-state index contributed by atoms with van der Waals surface area (Å²) in [4.78, 5) is 14.4. The minimum atomic E-state index is 0.131. The van der Waals surface area contributed by atoms with E-state index >= 15 is 0 Å². The van der Waals surface area contributed by atoms with E-state index in [0.29, 0.717) is 12.6 Å². The highest BCUT2D eigenvalue weighted by Gasteiger charge is 2.30. The molecule has 0 aliphatic heterocycles. The van der Waals surface area contributed by atoms with E-state index in [1.165, 1.54) is 18.4 Å². The normalized spacial score (nSPS) is 16.0. The number of nitrogens with one attached hydrogen (secondary N) is 1. The second-order valence-corrected chi connectivity index (χ2v) is 6.14. The summed E-state index contributed by atoms with van der Waals surface area (Å²) in [5.41, 5.74) is 7.79. The van der Waals surface area contributed by atoms with Gasteiger partial charge in [0.1, 0.15) is 0 Å². The van der Waals surface area contributed by atoms with Crippen LogP contribution in [0.2, 0.25) is 0 Å². The first-order valence-corrected chi connectivity index (χ1v) is 7.96. The second kappa shape index (κ2) is 7.46. The van der Waals surface area contributed by atoms with Crippen LogP contribution in [-0.4, -0.2) is 29.4 Å². The highest BCUT2D eigenvalue weighted by molar-refractivity contribution is 5.78. The lowest BCUT2D eigenvalue weighted by molar-refractivity contribution is -0.123. The molecule has 1 unspecified atom stereocenters. The Balaban J connectivity index is 1.89. The summed E-state index contributed by atoms with van der Waals surface area (Å²) in [6, 6.07) is 8.74. The van der Waals surface area contributed by atoms with Crippen LogP contribution in [0.5, 0.6) is 0 Å². The van der Waals surface area contributed by atoms with Crippen molar-refractivity contribution in [3.8, 4) is 0 Å². The van der Waals surface area contributed by atoms with E-state index in [1.54, 1.807) is 0 Å². The van der Waals surface area contributed by atoms with Crippen LogP contribution in [0.4, 0.5) is 5.69 Å². The molecule has 3 N–H and O–H groups in total. The minimum absolute atomic E-state index is 0.131. The van der Waals surface area contributed by atoms with E-state index in [-0.39, 0.29) is 11.9 Å². The van der Waals surface area contributed by atoms with Crippen molar-refractivity contribution < 1.29 is 4.79 Å². The van der Waals surface area contributed by atoms with Crippen LogP contribution < -0.4 is 11.1 Å². The summed E-state index contributed by atoms with van der Waals surface area (Å²) in [5.74, 6) is 0.131. The van der Waals surface area contributed by atoms with Gasteiger partial charge in [-0.1, -0.05) is 25.5 Å². The molecule has 2 rings (SSSR count). The first-order valence-electron chi connectivity index (χ1n) is 7.96. The standard InChI is InChI=1S/C17H27N3O/c1-3-5-13(2)19-17(21)12-20(16-8-9-16)11-14-6-4-7-15(18)10-14/h4,6-7,10,13,16H,3,5,8-9,11-12,18H2,1-2H3,(H,19,21). The number of rotatable bonds is 8. The molecule has 1 amide bonds. The molecular formula is C17H27N3O. The predicted molar refractivity (Wildman–Crippen MR) is 86.8 cm³/mol. The largest absolute Gasteiger partial charge is 0.399 e. The molecule has 0 aromatic heterocycles. The van der Waals surface area contributed by atoms with E-state index in [2.05, 4.69) is 30.1 Å². The fourth-order valence-electron chi connectivity index (χ4n) is 2.69. The van der Waals surface area contributed by atoms with E-state index in [0.717, 1.165) is 25.1 Å². The number of benzene rings is 1. The SMILES string of the molecule is CCCC(C)NC(=O)CN(Cc1cccc(N)c1)C1CC1. The van der Waals surface area contributed by atoms with Crippen molar-refractivity contribution in [3.63, 3.8) is 0 Å². The Morgan fingerprint density at radius 2 is 2.24 bits per heavy atom. The maximum Gasteiger partial charge on any atom is 0.234 e. The van der Waals surface area contributed by atoms with E-state index < -0.39 is 0 Å². The highest BCUT2D eigenvalue weighted by atomic mass is 16.2. The zero-order valence-corrected chi connectivity index (χ0v) is 13.1. The van der Waals surface area contributed by atoms with Crippen LogP contribution in [0, 0.1) is 0 Å². The molecular weight excluding hydrogens is 262 g/mol. The average Bonchev–Trinajstić information content (AvgIpc) is 3.22. The van der Waals surface area contributed by atoms with Crippen LogP contribution in [0.3, 0.4) is 0 Å². The fourth-order valence-corrected chi connectivity index (χ4v) is 2.69. The van der Waals surface area contributed by atoms with Crippen LogP contribution in [0.1, 0.15) is 45.1 Å². The molecule has 1 saturated carbocycles. The van der Waals surface area contributed by atoms with Gasteiger partial charge in [-0.3, -0.25) is 9.69 Å². The van der Waals surface area contributed by atoms with Gasteiger partial charge in [0.15, 0.2) is 0 Å². The zero-order valence-electron chi connectivity index (χ0n) is 13.1. The Morgan fingerprint density at radius 3 is 2.86 bits per heavy atom. The Labute approximate surface area is 127 Å². The summed E-state index contributed by atoms with van der Waals surface area (Å²) < 4.78 is 0. The smallest absolute Gasteiger partial charge is 0.234 e. The van der Waals surface area contributed by atoms with E-state index in [4.69, 9.17) is 5.73 Å². The number of carbonyl (C=O) groups is 1. The summed E-state index contributed by atoms with van der Waals surface area (Å²) in [6.07, 6.45) is 4.52. The number of nitrogen functional groups attached to an aromatic ring is 1. The number of carbonyl (C=O) groups excluding carboxylic acids is 1. The van der Waals surface area contributed by atoms with Crippen molar-refractivity contribution >= 4 is 11.6 Å². The molecule has 1 aromatic rings. The number of nitrogens with two attached hydrogens (primary N) is 1. The molecule has 1 aliphatic rings. The van der Waals surface area contributed by atoms with Gasteiger partial charge in [-0.15, -0.1) is 0 Å². The predicted octanol–water partition coefficient (Wildman–Crippen LogP) is 2.54. The molecule has 21 heavy (non-hydrogen) atoms. The molecule has 0 bridgehead atoms. The lowest BCUT2D eigenvalue weighted by Gasteiger charge is -2.23. The third-order valence-electron chi connectivity index (χ3n) is 3.88. The van der Waals surface area contributed by atoms with Crippen LogP contribution >= 0.6 is 0 Å². The van der Waals surface area contributed by atoms with Gasteiger partial charge >= 0.3 is 0 Å². The van der Waals surface area contributed by atoms with Crippen molar-refractivity contribution in [1.29, 1.82) is 0 Å². The number of anilines is 1. The first-order chi connectivity index (χ1) is 10.1. The van der Waals surface area contributed by atoms with Crippen LogP contribution in [0.15, 0.2) is 24.3 Å². The third-order valence-corrected chi connectivity index (χ3v) is 3.88. The van der Waals surface area contributed by atoms with Gasteiger partial charge in [0.05, 0.1) is 6.54 Å². The number of amides is 1. The van der Waals surface area contributed by atoms with Crippen LogP contribution in [-0.2, 0) is 11.3 Å². The monoisotopic (exact) mass is 289 g/mol. The Morgan fingerprint density at radius 1 is 1.48 bits per heavy atom. The topological polar surface area (TPSA) is 58.4 Å². The number of nitrogens with zero attached hydrogens (tertiary/aromatic N) is 1. The fraction of sp³-hybridized carbons (Fsp3) is 0.588. The molecule has 0 spiro atoms. The van der Waals surface area contributed by atoms with Crippen molar-refractivity contribution in [2.24, 2.45) is 0 Å². The highest BCUT2D eigenvalue weighted by Crippen LogP contribution is 2.28. The maximum atomic E-state index is 12.2. The van der Waals surface area contributed by atoms with Gasteiger partial charge in [0, 0.05) is 24.3 Å². The number of hydrogen-bond acceptors (Lipinski definition) is 3. The molecule has 4 nitrogen and oxygen atoms in total. The minimum Gasteiger partial charge on any atom is -0.399 e. The summed E-state index contributed by atoms with van der Waals surface area (Å²) in [7, 11) is 0. The molecule has 0 radical (unpaired) electrons. The van der Waals surface area contributed by atoms with Gasteiger partial charge in [-0.05, 0) is 43.9 Å². The lowest BCUT2D eigenvalue weighted by Crippen LogP contribution is -2.41. The Kier molecular flexibility index (Phi) is 5.62. The quantitative estimate of drug-likeness (QED) is 0.723. The molecule has 1 atom stereocenters. The molecule has 1 aliphatic carbocycles. The maximum absolute atomic E-state index is 12.2. The van der Waals surface area contributed by atoms with Crippen molar-refractivity contribution in [3.05, 3.63) is 29.8 Å². The van der Waals surface area contributed by atoms with Crippen LogP contribution in [0.25, 0.3) is 0 Å². The van der Waals surface area contributed by atoms with Gasteiger partial charge in [-0.25, -0.2) is 0 Å². The lowest BCUT2D eigenvalue weighted by atomic mass is 10.2. The van der Waals surface area contributed by atoms with Crippen molar-refractivity contribution in [2.75, 3.05) is 12.3 Å². The molecule has 1 aromatic carbocycles.